The Balaban J connectivity index is 1.68. The SMILES string of the molecule is Cc1cccc(Cc2nnc(-c3c[nH]c4ncc(Br)cc34)o2)c1. The molecule has 0 aliphatic rings. The van der Waals surface area contributed by atoms with Crippen LogP contribution in [0.5, 0.6) is 0 Å². The van der Waals surface area contributed by atoms with E-state index in [0.29, 0.717) is 18.2 Å². The maximum Gasteiger partial charge on any atom is 0.249 e. The van der Waals surface area contributed by atoms with Crippen molar-refractivity contribution in [1.29, 1.82) is 0 Å². The Morgan fingerprint density at radius 1 is 1.22 bits per heavy atom. The van der Waals surface area contributed by atoms with Gasteiger partial charge in [0, 0.05) is 22.3 Å². The van der Waals surface area contributed by atoms with Crippen LogP contribution in [0.3, 0.4) is 0 Å². The number of nitrogens with zero attached hydrogens (tertiary/aromatic N) is 3. The van der Waals surface area contributed by atoms with Gasteiger partial charge in [0.15, 0.2) is 0 Å². The molecule has 0 fully saturated rings. The molecule has 3 aromatic heterocycles. The van der Waals surface area contributed by atoms with E-state index in [1.165, 1.54) is 5.56 Å². The first-order valence-corrected chi connectivity index (χ1v) is 7.99. The van der Waals surface area contributed by atoms with Gasteiger partial charge in [-0.15, -0.1) is 10.2 Å². The van der Waals surface area contributed by atoms with Crippen molar-refractivity contribution in [2.75, 3.05) is 0 Å². The first kappa shape index (κ1) is 14.1. The number of aromatic nitrogens is 4. The molecule has 4 rings (SSSR count). The van der Waals surface area contributed by atoms with Crippen molar-refractivity contribution in [2.24, 2.45) is 0 Å². The standard InChI is InChI=1S/C17H13BrN4O/c1-10-3-2-4-11(5-10)6-15-21-22-17(23-15)14-9-20-16-13(14)7-12(18)8-19-16/h2-5,7-9H,6H2,1H3,(H,19,20). The third-order valence-electron chi connectivity index (χ3n) is 3.63. The largest absolute Gasteiger partial charge is 0.420 e. The van der Waals surface area contributed by atoms with Crippen LogP contribution in [0.15, 0.2) is 51.6 Å². The van der Waals surface area contributed by atoms with Gasteiger partial charge in [-0.2, -0.15) is 0 Å². The highest BCUT2D eigenvalue weighted by atomic mass is 79.9. The smallest absolute Gasteiger partial charge is 0.249 e. The lowest BCUT2D eigenvalue weighted by Crippen LogP contribution is -1.88. The number of halogens is 1. The third-order valence-corrected chi connectivity index (χ3v) is 4.07. The molecular formula is C17H13BrN4O. The van der Waals surface area contributed by atoms with E-state index in [4.69, 9.17) is 4.42 Å². The summed E-state index contributed by atoms with van der Waals surface area (Å²) in [4.78, 5) is 7.44. The van der Waals surface area contributed by atoms with E-state index in [2.05, 4.69) is 61.2 Å². The Bertz CT molecular complexity index is 989. The average Bonchev–Trinajstić information content (AvgIpc) is 3.13. The minimum atomic E-state index is 0.499. The van der Waals surface area contributed by atoms with Gasteiger partial charge in [-0.1, -0.05) is 29.8 Å². The first-order chi connectivity index (χ1) is 11.2. The van der Waals surface area contributed by atoms with Crippen LogP contribution in [0.25, 0.3) is 22.5 Å². The van der Waals surface area contributed by atoms with Crippen molar-refractivity contribution >= 4 is 27.0 Å². The molecule has 0 unspecified atom stereocenters. The lowest BCUT2D eigenvalue weighted by molar-refractivity contribution is 0.518. The average molecular weight is 369 g/mol. The van der Waals surface area contributed by atoms with Crippen molar-refractivity contribution in [3.8, 4) is 11.5 Å². The van der Waals surface area contributed by atoms with Crippen LogP contribution < -0.4 is 0 Å². The summed E-state index contributed by atoms with van der Waals surface area (Å²) < 4.78 is 6.74. The van der Waals surface area contributed by atoms with Crippen LogP contribution in [0.4, 0.5) is 0 Å². The number of fused-ring (bicyclic) bond motifs is 1. The molecule has 1 aromatic carbocycles. The number of pyridine rings is 1. The summed E-state index contributed by atoms with van der Waals surface area (Å²) in [6.45, 7) is 2.07. The van der Waals surface area contributed by atoms with Gasteiger partial charge in [-0.05, 0) is 34.5 Å². The second-order valence-corrected chi connectivity index (χ2v) is 6.33. The van der Waals surface area contributed by atoms with Crippen molar-refractivity contribution in [2.45, 2.75) is 13.3 Å². The fourth-order valence-electron chi connectivity index (χ4n) is 2.59. The molecule has 4 aromatic rings. The second-order valence-electron chi connectivity index (χ2n) is 5.42. The van der Waals surface area contributed by atoms with E-state index in [1.807, 2.05) is 18.3 Å². The maximum atomic E-state index is 5.83. The molecule has 0 amide bonds. The summed E-state index contributed by atoms with van der Waals surface area (Å²) in [5.41, 5.74) is 4.02. The molecule has 1 N–H and O–H groups in total. The van der Waals surface area contributed by atoms with E-state index < -0.39 is 0 Å². The summed E-state index contributed by atoms with van der Waals surface area (Å²) in [7, 11) is 0. The Kier molecular flexibility index (Phi) is 3.46. The fraction of sp³-hybridized carbons (Fsp3) is 0.118. The lowest BCUT2D eigenvalue weighted by Gasteiger charge is -1.98. The fourth-order valence-corrected chi connectivity index (χ4v) is 2.92. The van der Waals surface area contributed by atoms with Gasteiger partial charge in [-0.25, -0.2) is 4.98 Å². The van der Waals surface area contributed by atoms with Gasteiger partial charge in [0.25, 0.3) is 0 Å². The summed E-state index contributed by atoms with van der Waals surface area (Å²) >= 11 is 3.44. The molecule has 0 saturated carbocycles. The number of aromatic amines is 1. The van der Waals surface area contributed by atoms with E-state index in [-0.39, 0.29) is 0 Å². The number of rotatable bonds is 3. The number of hydrogen-bond acceptors (Lipinski definition) is 4. The molecule has 6 heteroatoms. The topological polar surface area (TPSA) is 67.6 Å². The van der Waals surface area contributed by atoms with Crippen molar-refractivity contribution < 1.29 is 4.42 Å². The molecule has 0 bridgehead atoms. The lowest BCUT2D eigenvalue weighted by atomic mass is 10.1. The van der Waals surface area contributed by atoms with Crippen LogP contribution >= 0.6 is 15.9 Å². The van der Waals surface area contributed by atoms with Gasteiger partial charge in [0.1, 0.15) is 5.65 Å². The zero-order chi connectivity index (χ0) is 15.8. The summed E-state index contributed by atoms with van der Waals surface area (Å²) in [5.74, 6) is 1.10. The summed E-state index contributed by atoms with van der Waals surface area (Å²) in [6, 6.07) is 10.3. The Labute approximate surface area is 140 Å². The molecule has 3 heterocycles. The molecule has 23 heavy (non-hydrogen) atoms. The van der Waals surface area contributed by atoms with Gasteiger partial charge in [-0.3, -0.25) is 0 Å². The van der Waals surface area contributed by atoms with Gasteiger partial charge < -0.3 is 9.40 Å². The highest BCUT2D eigenvalue weighted by Gasteiger charge is 2.14. The number of hydrogen-bond donors (Lipinski definition) is 1. The molecule has 114 valence electrons. The minimum Gasteiger partial charge on any atom is -0.420 e. The van der Waals surface area contributed by atoms with Crippen LogP contribution in [0.2, 0.25) is 0 Å². The highest BCUT2D eigenvalue weighted by molar-refractivity contribution is 9.10. The predicted octanol–water partition coefficient (Wildman–Crippen LogP) is 4.27. The zero-order valence-electron chi connectivity index (χ0n) is 12.4. The molecular weight excluding hydrogens is 356 g/mol. The Hall–Kier alpha value is -2.47. The van der Waals surface area contributed by atoms with Crippen LogP contribution in [0, 0.1) is 6.92 Å². The van der Waals surface area contributed by atoms with E-state index in [0.717, 1.165) is 26.6 Å². The Morgan fingerprint density at radius 3 is 3.00 bits per heavy atom. The van der Waals surface area contributed by atoms with E-state index in [9.17, 15) is 0 Å². The molecule has 0 spiro atoms. The first-order valence-electron chi connectivity index (χ1n) is 7.20. The number of nitrogens with one attached hydrogen (secondary N) is 1. The number of benzene rings is 1. The molecule has 0 radical (unpaired) electrons. The highest BCUT2D eigenvalue weighted by Crippen LogP contribution is 2.28. The molecule has 5 nitrogen and oxygen atoms in total. The van der Waals surface area contributed by atoms with E-state index in [1.54, 1.807) is 6.20 Å². The normalized spacial score (nSPS) is 11.2. The number of H-pyrrole nitrogens is 1. The van der Waals surface area contributed by atoms with Crippen LogP contribution in [0.1, 0.15) is 17.0 Å². The zero-order valence-corrected chi connectivity index (χ0v) is 14.0. The summed E-state index contributed by atoms with van der Waals surface area (Å²) in [5, 5.41) is 9.29. The summed E-state index contributed by atoms with van der Waals surface area (Å²) in [6.07, 6.45) is 4.21. The quantitative estimate of drug-likeness (QED) is 0.586. The maximum absolute atomic E-state index is 5.83. The molecule has 0 aliphatic carbocycles. The van der Waals surface area contributed by atoms with Gasteiger partial charge >= 0.3 is 0 Å². The molecule has 0 saturated heterocycles. The van der Waals surface area contributed by atoms with Gasteiger partial charge in [0.05, 0.1) is 12.0 Å². The molecule has 0 atom stereocenters. The predicted molar refractivity (Wildman–Crippen MR) is 91.1 cm³/mol. The van der Waals surface area contributed by atoms with Gasteiger partial charge in [0.2, 0.25) is 11.8 Å². The number of aryl methyl sites for hydroxylation is 1. The Morgan fingerprint density at radius 2 is 2.13 bits per heavy atom. The van der Waals surface area contributed by atoms with Crippen LogP contribution in [-0.2, 0) is 6.42 Å². The third kappa shape index (κ3) is 2.77. The van der Waals surface area contributed by atoms with Crippen molar-refractivity contribution in [1.82, 2.24) is 20.2 Å². The van der Waals surface area contributed by atoms with Crippen molar-refractivity contribution in [3.63, 3.8) is 0 Å². The van der Waals surface area contributed by atoms with Crippen LogP contribution in [-0.4, -0.2) is 20.2 Å². The monoisotopic (exact) mass is 368 g/mol. The second kappa shape index (κ2) is 5.62. The van der Waals surface area contributed by atoms with E-state index >= 15 is 0 Å². The molecule has 0 aliphatic heterocycles. The van der Waals surface area contributed by atoms with Crippen molar-refractivity contribution in [3.05, 3.63) is 64.2 Å². The minimum absolute atomic E-state index is 0.499.